The highest BCUT2D eigenvalue weighted by Gasteiger charge is 2.50. The first-order valence-corrected chi connectivity index (χ1v) is 22.6. The number of likely N-dealkylation sites (tertiary alicyclic amines) is 1. The molecule has 12 nitrogen and oxygen atoms in total. The van der Waals surface area contributed by atoms with E-state index in [1.165, 1.54) is 50.6 Å². The number of carbonyl (C=O) groups excluding carboxylic acids is 1. The van der Waals surface area contributed by atoms with E-state index in [0.29, 0.717) is 45.1 Å². The van der Waals surface area contributed by atoms with Gasteiger partial charge in [-0.25, -0.2) is 9.18 Å². The molecule has 0 bridgehead atoms. The molecule has 15 heteroatoms. The van der Waals surface area contributed by atoms with E-state index in [0.717, 1.165) is 10.4 Å². The van der Waals surface area contributed by atoms with Crippen molar-refractivity contribution in [1.82, 2.24) is 29.0 Å². The lowest BCUT2D eigenvalue weighted by atomic mass is 10.1. The minimum absolute atomic E-state index is 0.0346. The fraction of sp³-hybridized carbons (Fsp3) is 0.386. The Morgan fingerprint density at radius 1 is 0.966 bits per heavy atom. The fourth-order valence-electron chi connectivity index (χ4n) is 8.38. The van der Waals surface area contributed by atoms with Crippen molar-refractivity contribution >= 4 is 46.2 Å². The number of aromatic nitrogens is 5. The molecule has 1 saturated heterocycles. The van der Waals surface area contributed by atoms with Crippen molar-refractivity contribution in [2.24, 2.45) is 5.92 Å². The molecule has 0 spiro atoms. The van der Waals surface area contributed by atoms with Gasteiger partial charge in [0.05, 0.1) is 50.7 Å². The van der Waals surface area contributed by atoms with Crippen molar-refractivity contribution in [2.75, 3.05) is 33.4 Å². The highest BCUT2D eigenvalue weighted by Crippen LogP contribution is 2.38. The van der Waals surface area contributed by atoms with E-state index in [4.69, 9.17) is 13.9 Å². The van der Waals surface area contributed by atoms with Crippen molar-refractivity contribution in [3.8, 4) is 10.8 Å². The number of carbonyl (C=O) groups is 1. The third-order valence-corrected chi connectivity index (χ3v) is 17.5. The van der Waals surface area contributed by atoms with Gasteiger partial charge in [-0.1, -0.05) is 107 Å². The molecule has 3 aromatic carbocycles. The zero-order valence-corrected chi connectivity index (χ0v) is 36.4. The summed E-state index contributed by atoms with van der Waals surface area (Å²) < 4.78 is 37.6. The maximum absolute atomic E-state index is 15.2. The Morgan fingerprint density at radius 2 is 1.61 bits per heavy atom. The van der Waals surface area contributed by atoms with Crippen LogP contribution >= 0.6 is 11.3 Å². The number of methoxy groups -OCH3 is 1. The zero-order valence-electron chi connectivity index (χ0n) is 34.6. The zero-order chi connectivity index (χ0) is 42.1. The second kappa shape index (κ2) is 17.2. The number of halogens is 1. The number of hydrogen-bond acceptors (Lipinski definition) is 9. The lowest BCUT2D eigenvalue weighted by molar-refractivity contribution is -0.133. The van der Waals surface area contributed by atoms with Crippen LogP contribution in [0.1, 0.15) is 64.3 Å². The van der Waals surface area contributed by atoms with Crippen LogP contribution in [0.3, 0.4) is 0 Å². The molecule has 1 aliphatic rings. The van der Waals surface area contributed by atoms with E-state index < -0.39 is 37.5 Å². The van der Waals surface area contributed by atoms with Crippen LogP contribution in [0.15, 0.2) is 101 Å². The van der Waals surface area contributed by atoms with Crippen LogP contribution in [0.25, 0.3) is 15.2 Å². The number of amides is 1. The van der Waals surface area contributed by atoms with Gasteiger partial charge in [-0.3, -0.25) is 18.7 Å². The first kappa shape index (κ1) is 41.9. The molecule has 6 aromatic rings. The van der Waals surface area contributed by atoms with Crippen LogP contribution in [-0.2, 0) is 20.5 Å². The minimum atomic E-state index is -2.93. The van der Waals surface area contributed by atoms with E-state index in [-0.39, 0.29) is 43.2 Å². The molecule has 7 rings (SSSR count). The van der Waals surface area contributed by atoms with Gasteiger partial charge in [0.15, 0.2) is 0 Å². The molecular weight excluding hydrogens is 788 g/mol. The summed E-state index contributed by atoms with van der Waals surface area (Å²) in [6, 6.07) is 24.2. The van der Waals surface area contributed by atoms with Crippen LogP contribution in [0, 0.1) is 18.7 Å². The van der Waals surface area contributed by atoms with Crippen LogP contribution in [0.4, 0.5) is 4.39 Å². The molecule has 1 fully saturated rings. The third kappa shape index (κ3) is 7.96. The van der Waals surface area contributed by atoms with E-state index in [1.54, 1.807) is 17.3 Å². The van der Waals surface area contributed by atoms with Gasteiger partial charge in [-0.15, -0.1) is 4.80 Å². The summed E-state index contributed by atoms with van der Waals surface area (Å²) in [5.74, 6) is -0.384. The predicted molar refractivity (Wildman–Crippen MR) is 230 cm³/mol. The van der Waals surface area contributed by atoms with Gasteiger partial charge < -0.3 is 18.8 Å². The summed E-state index contributed by atoms with van der Waals surface area (Å²) >= 11 is 1.22. The van der Waals surface area contributed by atoms with Gasteiger partial charge in [0.2, 0.25) is 5.91 Å². The lowest BCUT2D eigenvalue weighted by Gasteiger charge is -2.43. The number of nitrogens with zero attached hydrogens (tertiary/aromatic N) is 6. The van der Waals surface area contributed by atoms with Gasteiger partial charge >= 0.3 is 5.69 Å². The van der Waals surface area contributed by atoms with Crippen LogP contribution in [0.2, 0.25) is 5.04 Å². The summed E-state index contributed by atoms with van der Waals surface area (Å²) in [6.07, 6.45) is 2.60. The summed E-state index contributed by atoms with van der Waals surface area (Å²) in [5.41, 5.74) is 0.00532. The monoisotopic (exact) mass is 838 g/mol. The summed E-state index contributed by atoms with van der Waals surface area (Å²) in [5, 5.41) is 11.5. The number of fused-ring (bicyclic) bond motifs is 1. The number of thiophene rings is 1. The predicted octanol–water partition coefficient (Wildman–Crippen LogP) is 6.03. The quantitative estimate of drug-likeness (QED) is 0.0965. The first-order chi connectivity index (χ1) is 28.3. The second-order valence-electron chi connectivity index (χ2n) is 16.2. The molecule has 1 aliphatic heterocycles. The molecule has 0 unspecified atom stereocenters. The molecule has 0 N–H and O–H groups in total. The highest BCUT2D eigenvalue weighted by atomic mass is 32.1. The van der Waals surface area contributed by atoms with Gasteiger partial charge in [-0.2, -0.15) is 10.2 Å². The fourth-order valence-corrected chi connectivity index (χ4v) is 14.1. The van der Waals surface area contributed by atoms with Crippen molar-refractivity contribution in [3.63, 3.8) is 0 Å². The molecule has 310 valence electrons. The average Bonchev–Trinajstić information content (AvgIpc) is 4.00. The van der Waals surface area contributed by atoms with Crippen LogP contribution < -0.4 is 26.4 Å². The smallest absolute Gasteiger partial charge is 0.332 e. The molecule has 1 amide bonds. The maximum atomic E-state index is 15.2. The molecule has 3 aromatic heterocycles. The van der Waals surface area contributed by atoms with Crippen molar-refractivity contribution < 1.29 is 23.1 Å². The topological polar surface area (TPSA) is 123 Å². The van der Waals surface area contributed by atoms with Gasteiger partial charge in [0, 0.05) is 30.1 Å². The lowest BCUT2D eigenvalue weighted by Crippen LogP contribution is -2.66. The highest BCUT2D eigenvalue weighted by molar-refractivity contribution is 7.21. The molecule has 0 aliphatic carbocycles. The number of hydrogen-bond donors (Lipinski definition) is 0. The van der Waals surface area contributed by atoms with Gasteiger partial charge in [-0.05, 0) is 47.0 Å². The van der Waals surface area contributed by atoms with E-state index in [1.807, 2.05) is 57.2 Å². The Balaban J connectivity index is 1.31. The third-order valence-electron chi connectivity index (χ3n) is 11.2. The van der Waals surface area contributed by atoms with Crippen molar-refractivity contribution in [2.45, 2.75) is 71.7 Å². The van der Waals surface area contributed by atoms with Crippen LogP contribution in [-0.4, -0.2) is 76.7 Å². The largest absolute Gasteiger partial charge is 0.496 e. The summed E-state index contributed by atoms with van der Waals surface area (Å²) in [6.45, 7) is 12.9. The van der Waals surface area contributed by atoms with E-state index in [2.05, 4.69) is 55.2 Å². The maximum Gasteiger partial charge on any atom is 0.332 e. The normalized spacial score (nSPS) is 15.3. The number of aryl methyl sites for hydroxylation is 1. The minimum Gasteiger partial charge on any atom is -0.496 e. The van der Waals surface area contributed by atoms with E-state index >= 15 is 4.39 Å². The van der Waals surface area contributed by atoms with Crippen LogP contribution in [0.5, 0.6) is 5.75 Å². The summed E-state index contributed by atoms with van der Waals surface area (Å²) in [7, 11) is -1.42. The number of ether oxygens (including phenoxy) is 2. The number of rotatable bonds is 14. The summed E-state index contributed by atoms with van der Waals surface area (Å²) in [4.78, 5) is 46.0. The Labute approximate surface area is 347 Å². The molecule has 4 heterocycles. The molecule has 2 atom stereocenters. The Bertz CT molecular complexity index is 2500. The molecule has 0 radical (unpaired) electrons. The SMILES string of the molecule is COc1ccc(F)cc1[C@H](Cn1c(=O)n([C@@H]2CCN(C(=O)C(C)C)C2)c(=O)c2c(C)c(-n3nccn3)sc21)OCCO[Si](c1ccccc1)(c1ccccc1)C(C)(C)C. The first-order valence-electron chi connectivity index (χ1n) is 19.9. The standard InChI is InChI=1S/C44H51FN6O6SSi/c1-29(2)39(52)48-23-20-32(27-48)50-40(53)38-30(3)41(51-46-21-22-47-51)58-42(38)49(43(50)54)28-37(35-26-31(45)18-19-36(35)55-7)56-24-25-57-59(44(4,5)6,33-14-10-8-11-15-33)34-16-12-9-13-17-34/h8-19,21-22,26,29,32,37H,20,23-25,27-28H2,1-7H3/t32-,37+/m1/s1. The molecule has 0 saturated carbocycles. The number of benzene rings is 3. The molecule has 59 heavy (non-hydrogen) atoms. The van der Waals surface area contributed by atoms with Gasteiger partial charge in [0.25, 0.3) is 13.9 Å². The van der Waals surface area contributed by atoms with E-state index in [9.17, 15) is 14.4 Å². The van der Waals surface area contributed by atoms with Gasteiger partial charge in [0.1, 0.15) is 27.5 Å². The molecular formula is C44H51FN6O6SSi. The van der Waals surface area contributed by atoms with Crippen molar-refractivity contribution in [3.05, 3.63) is 129 Å². The Kier molecular flexibility index (Phi) is 12.2. The Morgan fingerprint density at radius 3 is 2.20 bits per heavy atom. The second-order valence-corrected chi connectivity index (χ2v) is 21.5. The Hall–Kier alpha value is -5.22. The van der Waals surface area contributed by atoms with Crippen molar-refractivity contribution in [1.29, 1.82) is 0 Å². The average molecular weight is 839 g/mol.